The van der Waals surface area contributed by atoms with Gasteiger partial charge in [-0.1, -0.05) is 50.5 Å². The topological polar surface area (TPSA) is 66.4 Å². The maximum atomic E-state index is 12.4. The first kappa shape index (κ1) is 15.5. The molecule has 0 saturated heterocycles. The van der Waals surface area contributed by atoms with E-state index in [-0.39, 0.29) is 17.7 Å². The van der Waals surface area contributed by atoms with Crippen molar-refractivity contribution in [2.24, 2.45) is 5.41 Å². The number of amides is 1. The quantitative estimate of drug-likeness (QED) is 0.876. The molecule has 0 unspecified atom stereocenters. The lowest BCUT2D eigenvalue weighted by Crippen LogP contribution is -2.40. The van der Waals surface area contributed by atoms with Crippen molar-refractivity contribution < 1.29 is 14.7 Å². The highest BCUT2D eigenvalue weighted by molar-refractivity contribution is 5.82. The molecule has 1 aromatic rings. The molecule has 2 N–H and O–H groups in total. The van der Waals surface area contributed by atoms with E-state index in [0.717, 1.165) is 36.8 Å². The minimum atomic E-state index is -0.854. The number of nitrogens with one attached hydrogen (secondary N) is 1. The average molecular weight is 289 g/mol. The van der Waals surface area contributed by atoms with Gasteiger partial charge in [0.1, 0.15) is 0 Å². The molecule has 1 saturated carbocycles. The summed E-state index contributed by atoms with van der Waals surface area (Å²) < 4.78 is 0. The van der Waals surface area contributed by atoms with Gasteiger partial charge in [-0.25, -0.2) is 0 Å². The molecule has 0 radical (unpaired) electrons. The van der Waals surface area contributed by atoms with Crippen LogP contribution in [0.5, 0.6) is 0 Å². The fourth-order valence-corrected chi connectivity index (χ4v) is 3.01. The van der Waals surface area contributed by atoms with E-state index in [2.05, 4.69) is 5.32 Å². The number of hydrogen-bond donors (Lipinski definition) is 2. The van der Waals surface area contributed by atoms with Crippen LogP contribution in [-0.4, -0.2) is 17.0 Å². The van der Waals surface area contributed by atoms with Crippen LogP contribution < -0.4 is 5.32 Å². The SMILES string of the molecule is CC1(C(=O)NCc2ccccc2CC(=O)O)CCCCC1. The summed E-state index contributed by atoms with van der Waals surface area (Å²) in [5.74, 6) is -0.764. The molecule has 21 heavy (non-hydrogen) atoms. The second-order valence-electron chi connectivity index (χ2n) is 6.14. The molecule has 1 aromatic carbocycles. The third-order valence-electron chi connectivity index (χ3n) is 4.40. The third kappa shape index (κ3) is 4.06. The molecule has 4 nitrogen and oxygen atoms in total. The van der Waals surface area contributed by atoms with Gasteiger partial charge in [0.15, 0.2) is 0 Å². The largest absolute Gasteiger partial charge is 0.481 e. The summed E-state index contributed by atoms with van der Waals surface area (Å²) in [6.07, 6.45) is 5.30. The Morgan fingerprint density at radius 2 is 1.76 bits per heavy atom. The predicted molar refractivity (Wildman–Crippen MR) is 80.8 cm³/mol. The molecule has 0 bridgehead atoms. The average Bonchev–Trinajstić information content (AvgIpc) is 2.46. The smallest absolute Gasteiger partial charge is 0.307 e. The molecule has 0 heterocycles. The van der Waals surface area contributed by atoms with E-state index in [0.29, 0.717) is 6.54 Å². The van der Waals surface area contributed by atoms with Gasteiger partial charge in [-0.15, -0.1) is 0 Å². The van der Waals surface area contributed by atoms with Gasteiger partial charge in [0.2, 0.25) is 5.91 Å². The van der Waals surface area contributed by atoms with Crippen LogP contribution in [0.3, 0.4) is 0 Å². The number of hydrogen-bond acceptors (Lipinski definition) is 2. The van der Waals surface area contributed by atoms with E-state index < -0.39 is 5.97 Å². The lowest BCUT2D eigenvalue weighted by Gasteiger charge is -2.32. The summed E-state index contributed by atoms with van der Waals surface area (Å²) in [6, 6.07) is 7.38. The number of benzene rings is 1. The van der Waals surface area contributed by atoms with Gasteiger partial charge in [-0.05, 0) is 24.0 Å². The molecule has 2 rings (SSSR count). The first-order chi connectivity index (χ1) is 10.0. The number of aliphatic carboxylic acids is 1. The fourth-order valence-electron chi connectivity index (χ4n) is 3.01. The highest BCUT2D eigenvalue weighted by atomic mass is 16.4. The summed E-state index contributed by atoms with van der Waals surface area (Å²) in [4.78, 5) is 23.3. The van der Waals surface area contributed by atoms with Gasteiger partial charge in [-0.3, -0.25) is 9.59 Å². The van der Waals surface area contributed by atoms with Crippen molar-refractivity contribution in [1.29, 1.82) is 0 Å². The molecule has 1 aliphatic carbocycles. The zero-order chi connectivity index (χ0) is 15.3. The van der Waals surface area contributed by atoms with Crippen molar-refractivity contribution in [2.45, 2.75) is 52.0 Å². The van der Waals surface area contributed by atoms with Gasteiger partial charge in [0.25, 0.3) is 0 Å². The number of carboxylic acid groups (broad SMARTS) is 1. The van der Waals surface area contributed by atoms with Crippen LogP contribution in [0.25, 0.3) is 0 Å². The van der Waals surface area contributed by atoms with Gasteiger partial charge >= 0.3 is 5.97 Å². The molecule has 0 atom stereocenters. The second kappa shape index (κ2) is 6.74. The highest BCUT2D eigenvalue weighted by Gasteiger charge is 2.34. The Morgan fingerprint density at radius 3 is 2.38 bits per heavy atom. The minimum Gasteiger partial charge on any atom is -0.481 e. The van der Waals surface area contributed by atoms with Gasteiger partial charge < -0.3 is 10.4 Å². The van der Waals surface area contributed by atoms with E-state index in [1.807, 2.05) is 25.1 Å². The molecular formula is C17H23NO3. The van der Waals surface area contributed by atoms with Crippen LogP contribution >= 0.6 is 0 Å². The van der Waals surface area contributed by atoms with Crippen molar-refractivity contribution in [3.8, 4) is 0 Å². The van der Waals surface area contributed by atoms with E-state index in [4.69, 9.17) is 5.11 Å². The zero-order valence-electron chi connectivity index (χ0n) is 12.5. The molecule has 0 aliphatic heterocycles. The molecule has 1 aliphatic rings. The van der Waals surface area contributed by atoms with Crippen LogP contribution in [0.15, 0.2) is 24.3 Å². The Balaban J connectivity index is 1.99. The van der Waals surface area contributed by atoms with Crippen molar-refractivity contribution in [1.82, 2.24) is 5.32 Å². The molecule has 0 aromatic heterocycles. The lowest BCUT2D eigenvalue weighted by molar-refractivity contribution is -0.136. The maximum absolute atomic E-state index is 12.4. The molecular weight excluding hydrogens is 266 g/mol. The first-order valence-electron chi connectivity index (χ1n) is 7.58. The normalized spacial score (nSPS) is 17.2. The highest BCUT2D eigenvalue weighted by Crippen LogP contribution is 2.35. The molecule has 0 spiro atoms. The van der Waals surface area contributed by atoms with Crippen LogP contribution in [0, 0.1) is 5.41 Å². The standard InChI is InChI=1S/C17H23NO3/c1-17(9-5-2-6-10-17)16(21)18-12-14-8-4-3-7-13(14)11-15(19)20/h3-4,7-8H,2,5-6,9-12H2,1H3,(H,18,21)(H,19,20). The predicted octanol–water partition coefficient (Wildman–Crippen LogP) is 2.90. The fraction of sp³-hybridized carbons (Fsp3) is 0.529. The maximum Gasteiger partial charge on any atom is 0.307 e. The Bertz CT molecular complexity index is 519. The summed E-state index contributed by atoms with van der Waals surface area (Å²) in [6.45, 7) is 2.43. The van der Waals surface area contributed by atoms with E-state index in [9.17, 15) is 9.59 Å². The van der Waals surface area contributed by atoms with Gasteiger partial charge in [-0.2, -0.15) is 0 Å². The molecule has 4 heteroatoms. The minimum absolute atomic E-state index is 0.0106. The van der Waals surface area contributed by atoms with Crippen molar-refractivity contribution in [2.75, 3.05) is 0 Å². The Kier molecular flexibility index (Phi) is 4.99. The van der Waals surface area contributed by atoms with E-state index in [1.54, 1.807) is 6.07 Å². The zero-order valence-corrected chi connectivity index (χ0v) is 12.5. The third-order valence-corrected chi connectivity index (χ3v) is 4.40. The summed E-state index contributed by atoms with van der Waals surface area (Å²) >= 11 is 0. The van der Waals surface area contributed by atoms with Crippen molar-refractivity contribution >= 4 is 11.9 Å². The Morgan fingerprint density at radius 1 is 1.14 bits per heavy atom. The monoisotopic (exact) mass is 289 g/mol. The number of carbonyl (C=O) groups excluding carboxylic acids is 1. The molecule has 1 amide bonds. The number of rotatable bonds is 5. The summed E-state index contributed by atoms with van der Waals surface area (Å²) in [5, 5.41) is 11.9. The van der Waals surface area contributed by atoms with Crippen LogP contribution in [-0.2, 0) is 22.6 Å². The van der Waals surface area contributed by atoms with Gasteiger partial charge in [0.05, 0.1) is 6.42 Å². The lowest BCUT2D eigenvalue weighted by atomic mass is 9.75. The Hall–Kier alpha value is -1.84. The number of carbonyl (C=O) groups is 2. The van der Waals surface area contributed by atoms with Crippen LogP contribution in [0.1, 0.15) is 50.2 Å². The second-order valence-corrected chi connectivity index (χ2v) is 6.14. The number of carboxylic acids is 1. The van der Waals surface area contributed by atoms with E-state index >= 15 is 0 Å². The first-order valence-corrected chi connectivity index (χ1v) is 7.58. The summed E-state index contributed by atoms with van der Waals surface area (Å²) in [5.41, 5.74) is 1.38. The molecule has 114 valence electrons. The molecule has 1 fully saturated rings. The van der Waals surface area contributed by atoms with Crippen molar-refractivity contribution in [3.63, 3.8) is 0 Å². The van der Waals surface area contributed by atoms with Crippen LogP contribution in [0.2, 0.25) is 0 Å². The van der Waals surface area contributed by atoms with Crippen molar-refractivity contribution in [3.05, 3.63) is 35.4 Å². The van der Waals surface area contributed by atoms with Crippen LogP contribution in [0.4, 0.5) is 0 Å². The summed E-state index contributed by atoms with van der Waals surface area (Å²) in [7, 11) is 0. The Labute approximate surface area is 125 Å². The van der Waals surface area contributed by atoms with Gasteiger partial charge in [0, 0.05) is 12.0 Å². The van der Waals surface area contributed by atoms with E-state index in [1.165, 1.54) is 6.42 Å².